The molecule has 0 atom stereocenters. The van der Waals surface area contributed by atoms with E-state index in [1.807, 2.05) is 0 Å². The number of rotatable bonds is 3. The summed E-state index contributed by atoms with van der Waals surface area (Å²) in [5.41, 5.74) is 5.84. The quantitative estimate of drug-likeness (QED) is 0.856. The molecule has 104 valence electrons. The van der Waals surface area contributed by atoms with E-state index in [1.165, 1.54) is 12.1 Å². The van der Waals surface area contributed by atoms with Gasteiger partial charge in [0.05, 0.1) is 6.20 Å². The number of halogens is 1. The Labute approximate surface area is 112 Å². The van der Waals surface area contributed by atoms with E-state index >= 15 is 0 Å². The Morgan fingerprint density at radius 3 is 2.84 bits per heavy atom. The van der Waals surface area contributed by atoms with Gasteiger partial charge in [-0.25, -0.2) is 9.37 Å². The Morgan fingerprint density at radius 2 is 2.16 bits per heavy atom. The van der Waals surface area contributed by atoms with E-state index in [1.54, 1.807) is 4.90 Å². The molecule has 0 saturated carbocycles. The maximum absolute atomic E-state index is 12.8. The maximum Gasteiger partial charge on any atom is 0.272 e. The lowest BCUT2D eigenvalue weighted by molar-refractivity contribution is 0.0755. The lowest BCUT2D eigenvalue weighted by Crippen LogP contribution is -2.36. The number of hydrogen-bond donors (Lipinski definition) is 1. The number of carbonyl (C=O) groups excluding carboxylic acids is 1. The maximum atomic E-state index is 12.8. The minimum Gasteiger partial charge on any atom is -0.336 e. The summed E-state index contributed by atoms with van der Waals surface area (Å²) in [6, 6.07) is 2.69. The third kappa shape index (κ3) is 3.71. The molecule has 2 rings (SSSR count). The zero-order chi connectivity index (χ0) is 13.7. The third-order valence-electron chi connectivity index (χ3n) is 3.27. The van der Waals surface area contributed by atoms with Crippen LogP contribution in [0.1, 0.15) is 16.9 Å². The van der Waals surface area contributed by atoms with E-state index in [-0.39, 0.29) is 5.91 Å². The molecule has 0 unspecified atom stereocenters. The molecule has 1 aromatic rings. The summed E-state index contributed by atoms with van der Waals surface area (Å²) in [5, 5.41) is 0. The van der Waals surface area contributed by atoms with Gasteiger partial charge in [-0.3, -0.25) is 4.79 Å². The van der Waals surface area contributed by atoms with E-state index in [2.05, 4.69) is 9.88 Å². The van der Waals surface area contributed by atoms with E-state index in [0.29, 0.717) is 25.3 Å². The molecule has 1 aliphatic rings. The smallest absolute Gasteiger partial charge is 0.272 e. The van der Waals surface area contributed by atoms with Gasteiger partial charge in [0.2, 0.25) is 0 Å². The Bertz CT molecular complexity index is 423. The van der Waals surface area contributed by atoms with Gasteiger partial charge in [-0.2, -0.15) is 0 Å². The van der Waals surface area contributed by atoms with Gasteiger partial charge >= 0.3 is 0 Å². The molecule has 0 spiro atoms. The van der Waals surface area contributed by atoms with Crippen LogP contribution in [0.3, 0.4) is 0 Å². The highest BCUT2D eigenvalue weighted by Crippen LogP contribution is 2.08. The minimum absolute atomic E-state index is 0.130. The van der Waals surface area contributed by atoms with Crippen LogP contribution >= 0.6 is 0 Å². The van der Waals surface area contributed by atoms with Gasteiger partial charge in [0.25, 0.3) is 5.91 Å². The molecule has 6 heteroatoms. The molecule has 0 aromatic carbocycles. The van der Waals surface area contributed by atoms with Crippen LogP contribution in [0.15, 0.2) is 18.3 Å². The van der Waals surface area contributed by atoms with Crippen molar-refractivity contribution in [2.75, 3.05) is 39.3 Å². The first-order chi connectivity index (χ1) is 9.20. The van der Waals surface area contributed by atoms with Gasteiger partial charge in [-0.15, -0.1) is 0 Å². The Kier molecular flexibility index (Phi) is 4.81. The second-order valence-electron chi connectivity index (χ2n) is 4.64. The Hall–Kier alpha value is -1.53. The van der Waals surface area contributed by atoms with Crippen molar-refractivity contribution in [3.05, 3.63) is 29.8 Å². The lowest BCUT2D eigenvalue weighted by atomic mass is 10.3. The number of nitrogens with zero attached hydrogens (tertiary/aromatic N) is 3. The normalized spacial score (nSPS) is 17.3. The van der Waals surface area contributed by atoms with E-state index < -0.39 is 5.82 Å². The summed E-state index contributed by atoms with van der Waals surface area (Å²) < 4.78 is 12.8. The summed E-state index contributed by atoms with van der Waals surface area (Å²) in [4.78, 5) is 20.1. The van der Waals surface area contributed by atoms with Crippen molar-refractivity contribution in [3.63, 3.8) is 0 Å². The first-order valence-electron chi connectivity index (χ1n) is 6.54. The molecule has 0 bridgehead atoms. The second kappa shape index (κ2) is 6.58. The fourth-order valence-corrected chi connectivity index (χ4v) is 2.24. The van der Waals surface area contributed by atoms with Gasteiger partial charge in [-0.1, -0.05) is 0 Å². The zero-order valence-corrected chi connectivity index (χ0v) is 10.9. The molecular formula is C13H19FN4O. The van der Waals surface area contributed by atoms with Crippen molar-refractivity contribution >= 4 is 5.91 Å². The summed E-state index contributed by atoms with van der Waals surface area (Å²) in [6.07, 6.45) is 2.00. The second-order valence-corrected chi connectivity index (χ2v) is 4.64. The minimum atomic E-state index is -0.429. The third-order valence-corrected chi connectivity index (χ3v) is 3.27. The number of nitrogens with two attached hydrogens (primary N) is 1. The van der Waals surface area contributed by atoms with Gasteiger partial charge in [0, 0.05) is 32.7 Å². The zero-order valence-electron chi connectivity index (χ0n) is 10.9. The first kappa shape index (κ1) is 13.9. The average molecular weight is 266 g/mol. The van der Waals surface area contributed by atoms with E-state index in [9.17, 15) is 9.18 Å². The topological polar surface area (TPSA) is 62.5 Å². The summed E-state index contributed by atoms with van der Waals surface area (Å²) in [6.45, 7) is 4.64. The average Bonchev–Trinajstić information content (AvgIpc) is 2.65. The summed E-state index contributed by atoms with van der Waals surface area (Å²) in [5.74, 6) is -0.559. The van der Waals surface area contributed by atoms with Crippen molar-refractivity contribution in [1.82, 2.24) is 14.8 Å². The monoisotopic (exact) mass is 266 g/mol. The van der Waals surface area contributed by atoms with Crippen LogP contribution in [0.2, 0.25) is 0 Å². The molecule has 1 aromatic heterocycles. The molecule has 19 heavy (non-hydrogen) atoms. The van der Waals surface area contributed by atoms with E-state index in [0.717, 1.165) is 32.3 Å². The van der Waals surface area contributed by atoms with Crippen molar-refractivity contribution in [2.24, 2.45) is 5.73 Å². The van der Waals surface area contributed by atoms with E-state index in [4.69, 9.17) is 5.73 Å². The first-order valence-corrected chi connectivity index (χ1v) is 6.54. The Morgan fingerprint density at radius 1 is 1.32 bits per heavy atom. The predicted octanol–water partition coefficient (Wildman–Crippen LogP) is 0.327. The summed E-state index contributed by atoms with van der Waals surface area (Å²) in [7, 11) is 0. The highest BCUT2D eigenvalue weighted by atomic mass is 19.1. The van der Waals surface area contributed by atoms with Crippen LogP contribution in [0.5, 0.6) is 0 Å². The molecule has 0 aliphatic carbocycles. The summed E-state index contributed by atoms with van der Waals surface area (Å²) >= 11 is 0. The van der Waals surface area contributed by atoms with Gasteiger partial charge in [0.1, 0.15) is 11.5 Å². The highest BCUT2D eigenvalue weighted by molar-refractivity contribution is 5.92. The van der Waals surface area contributed by atoms with Crippen LogP contribution in [-0.2, 0) is 0 Å². The van der Waals surface area contributed by atoms with Crippen LogP contribution in [0, 0.1) is 5.82 Å². The van der Waals surface area contributed by atoms with Crippen molar-refractivity contribution in [2.45, 2.75) is 6.42 Å². The number of pyridine rings is 1. The SMILES string of the molecule is NCCN1CCCN(C(=O)c2ccc(F)cn2)CC1. The fourth-order valence-electron chi connectivity index (χ4n) is 2.24. The largest absolute Gasteiger partial charge is 0.336 e. The van der Waals surface area contributed by atoms with Crippen molar-refractivity contribution < 1.29 is 9.18 Å². The number of hydrogen-bond acceptors (Lipinski definition) is 4. The van der Waals surface area contributed by atoms with Crippen LogP contribution in [0.25, 0.3) is 0 Å². The van der Waals surface area contributed by atoms with Crippen LogP contribution < -0.4 is 5.73 Å². The number of carbonyl (C=O) groups is 1. The van der Waals surface area contributed by atoms with Gasteiger partial charge in [-0.05, 0) is 25.1 Å². The molecule has 1 aliphatic heterocycles. The lowest BCUT2D eigenvalue weighted by Gasteiger charge is -2.21. The molecule has 1 saturated heterocycles. The van der Waals surface area contributed by atoms with Crippen LogP contribution in [-0.4, -0.2) is 60.0 Å². The Balaban J connectivity index is 1.98. The highest BCUT2D eigenvalue weighted by Gasteiger charge is 2.20. The van der Waals surface area contributed by atoms with Gasteiger partial charge < -0.3 is 15.5 Å². The molecular weight excluding hydrogens is 247 g/mol. The van der Waals surface area contributed by atoms with Crippen molar-refractivity contribution in [3.8, 4) is 0 Å². The van der Waals surface area contributed by atoms with Gasteiger partial charge in [0.15, 0.2) is 0 Å². The molecule has 1 amide bonds. The molecule has 0 radical (unpaired) electrons. The molecule has 2 N–H and O–H groups in total. The molecule has 5 nitrogen and oxygen atoms in total. The number of aromatic nitrogens is 1. The number of amides is 1. The molecule has 1 fully saturated rings. The molecule has 2 heterocycles. The van der Waals surface area contributed by atoms with Crippen LogP contribution in [0.4, 0.5) is 4.39 Å². The standard InChI is InChI=1S/C13H19FN4O/c14-11-2-3-12(16-10-11)13(19)18-6-1-5-17(7-4-15)8-9-18/h2-3,10H,1,4-9,15H2. The fraction of sp³-hybridized carbons (Fsp3) is 0.538. The van der Waals surface area contributed by atoms with Crippen molar-refractivity contribution in [1.29, 1.82) is 0 Å². The predicted molar refractivity (Wildman–Crippen MR) is 70.2 cm³/mol.